The number of hydrogen-bond acceptors (Lipinski definition) is 2. The number of nitrogens with two attached hydrogens (primary N) is 1. The lowest BCUT2D eigenvalue weighted by Gasteiger charge is -2.24. The van der Waals surface area contributed by atoms with Crippen molar-refractivity contribution in [1.29, 1.82) is 0 Å². The van der Waals surface area contributed by atoms with E-state index in [0.29, 0.717) is 5.56 Å². The van der Waals surface area contributed by atoms with E-state index in [9.17, 15) is 9.50 Å². The first-order valence-corrected chi connectivity index (χ1v) is 6.81. The van der Waals surface area contributed by atoms with Gasteiger partial charge in [0.05, 0.1) is 11.1 Å². The van der Waals surface area contributed by atoms with Gasteiger partial charge in [0.2, 0.25) is 0 Å². The molecule has 0 aliphatic rings. The third-order valence-corrected chi connectivity index (χ3v) is 3.82. The first-order chi connectivity index (χ1) is 9.56. The fourth-order valence-corrected chi connectivity index (χ4v) is 2.55. The molecule has 2 nitrogen and oxygen atoms in total. The van der Waals surface area contributed by atoms with Gasteiger partial charge in [0, 0.05) is 12.5 Å². The largest absolute Gasteiger partial charge is 0.388 e. The van der Waals surface area contributed by atoms with Crippen LogP contribution in [0.25, 0.3) is 0 Å². The van der Waals surface area contributed by atoms with Crippen LogP contribution < -0.4 is 5.73 Å². The Hall–Kier alpha value is -1.42. The van der Waals surface area contributed by atoms with Crippen molar-refractivity contribution in [1.82, 2.24) is 0 Å². The van der Waals surface area contributed by atoms with Crippen molar-refractivity contribution in [2.45, 2.75) is 18.9 Å². The predicted octanol–water partition coefficient (Wildman–Crippen LogP) is 3.56. The van der Waals surface area contributed by atoms with Crippen molar-refractivity contribution >= 4 is 11.6 Å². The topological polar surface area (TPSA) is 46.2 Å². The van der Waals surface area contributed by atoms with Crippen LogP contribution in [-0.2, 0) is 0 Å². The molecule has 2 aromatic rings. The standard InChI is InChI=1S/C16H17ClFNO/c1-10-5-2-3-6-11(10)16(20)13(9-19)12-7-4-8-14(17)15(12)18/h2-8,13,16,20H,9,19H2,1H3. The Morgan fingerprint density at radius 2 is 1.80 bits per heavy atom. The summed E-state index contributed by atoms with van der Waals surface area (Å²) >= 11 is 5.80. The molecule has 0 spiro atoms. The minimum atomic E-state index is -0.867. The average molecular weight is 294 g/mol. The normalized spacial score (nSPS) is 14.1. The maximum atomic E-state index is 14.1. The van der Waals surface area contributed by atoms with E-state index >= 15 is 0 Å². The molecule has 106 valence electrons. The lowest BCUT2D eigenvalue weighted by atomic mass is 9.87. The van der Waals surface area contributed by atoms with Crippen LogP contribution in [0.1, 0.15) is 28.7 Å². The van der Waals surface area contributed by atoms with Crippen LogP contribution in [0.15, 0.2) is 42.5 Å². The molecule has 0 amide bonds. The van der Waals surface area contributed by atoms with Crippen LogP contribution in [-0.4, -0.2) is 11.7 Å². The van der Waals surface area contributed by atoms with Gasteiger partial charge in [0.1, 0.15) is 5.82 Å². The van der Waals surface area contributed by atoms with Crippen LogP contribution in [0.4, 0.5) is 4.39 Å². The zero-order chi connectivity index (χ0) is 14.7. The molecule has 0 aliphatic heterocycles. The summed E-state index contributed by atoms with van der Waals surface area (Å²) in [5, 5.41) is 10.6. The van der Waals surface area contributed by atoms with Gasteiger partial charge in [-0.25, -0.2) is 4.39 Å². The van der Waals surface area contributed by atoms with Crippen LogP contribution in [0.3, 0.4) is 0 Å². The molecule has 4 heteroatoms. The lowest BCUT2D eigenvalue weighted by Crippen LogP contribution is -2.22. The van der Waals surface area contributed by atoms with Crippen molar-refractivity contribution in [3.8, 4) is 0 Å². The molecule has 0 bridgehead atoms. The Kier molecular flexibility index (Phi) is 4.76. The summed E-state index contributed by atoms with van der Waals surface area (Å²) in [6.45, 7) is 2.03. The monoisotopic (exact) mass is 293 g/mol. The summed E-state index contributed by atoms with van der Waals surface area (Å²) in [4.78, 5) is 0. The predicted molar refractivity (Wildman–Crippen MR) is 79.3 cm³/mol. The zero-order valence-corrected chi connectivity index (χ0v) is 11.9. The highest BCUT2D eigenvalue weighted by atomic mass is 35.5. The molecular weight excluding hydrogens is 277 g/mol. The first kappa shape index (κ1) is 15.0. The summed E-state index contributed by atoms with van der Waals surface area (Å²) in [6, 6.07) is 12.2. The highest BCUT2D eigenvalue weighted by Crippen LogP contribution is 2.34. The fourth-order valence-electron chi connectivity index (χ4n) is 2.37. The maximum Gasteiger partial charge on any atom is 0.145 e. The van der Waals surface area contributed by atoms with Gasteiger partial charge in [0.25, 0.3) is 0 Å². The highest BCUT2D eigenvalue weighted by molar-refractivity contribution is 6.30. The summed E-state index contributed by atoms with van der Waals surface area (Å²) in [5.74, 6) is -1.05. The molecule has 0 saturated carbocycles. The van der Waals surface area contributed by atoms with Crippen molar-refractivity contribution in [3.63, 3.8) is 0 Å². The zero-order valence-electron chi connectivity index (χ0n) is 11.2. The van der Waals surface area contributed by atoms with E-state index < -0.39 is 17.8 Å². The van der Waals surface area contributed by atoms with Gasteiger partial charge in [-0.05, 0) is 29.7 Å². The van der Waals surface area contributed by atoms with Gasteiger partial charge in [-0.15, -0.1) is 0 Å². The Morgan fingerprint density at radius 1 is 1.15 bits per heavy atom. The number of aliphatic hydroxyl groups is 1. The molecule has 0 aromatic heterocycles. The molecule has 0 fully saturated rings. The summed E-state index contributed by atoms with van der Waals surface area (Å²) in [6.07, 6.45) is -0.867. The van der Waals surface area contributed by atoms with Crippen LogP contribution in [0.5, 0.6) is 0 Å². The van der Waals surface area contributed by atoms with Crippen LogP contribution >= 0.6 is 11.6 Å². The molecule has 2 unspecified atom stereocenters. The fraction of sp³-hybridized carbons (Fsp3) is 0.250. The van der Waals surface area contributed by atoms with E-state index in [2.05, 4.69) is 0 Å². The number of halogens is 2. The maximum absolute atomic E-state index is 14.1. The lowest BCUT2D eigenvalue weighted by molar-refractivity contribution is 0.145. The van der Waals surface area contributed by atoms with Crippen LogP contribution in [0, 0.1) is 12.7 Å². The number of rotatable bonds is 4. The molecule has 20 heavy (non-hydrogen) atoms. The van der Waals surface area contributed by atoms with E-state index in [1.165, 1.54) is 6.07 Å². The molecule has 0 saturated heterocycles. The third-order valence-electron chi connectivity index (χ3n) is 3.52. The quantitative estimate of drug-likeness (QED) is 0.905. The molecule has 3 N–H and O–H groups in total. The van der Waals surface area contributed by atoms with E-state index in [0.717, 1.165) is 11.1 Å². The van der Waals surface area contributed by atoms with E-state index in [4.69, 9.17) is 17.3 Å². The second-order valence-corrected chi connectivity index (χ2v) is 5.19. The summed E-state index contributed by atoms with van der Waals surface area (Å²) in [7, 11) is 0. The average Bonchev–Trinajstić information content (AvgIpc) is 2.44. The molecule has 2 aromatic carbocycles. The van der Waals surface area contributed by atoms with Gasteiger partial charge in [-0.2, -0.15) is 0 Å². The van der Waals surface area contributed by atoms with Gasteiger partial charge < -0.3 is 10.8 Å². The van der Waals surface area contributed by atoms with E-state index in [1.54, 1.807) is 12.1 Å². The van der Waals surface area contributed by atoms with Crippen molar-refractivity contribution in [3.05, 3.63) is 70.0 Å². The van der Waals surface area contributed by atoms with E-state index in [-0.39, 0.29) is 11.6 Å². The first-order valence-electron chi connectivity index (χ1n) is 6.43. The molecule has 0 heterocycles. The minimum Gasteiger partial charge on any atom is -0.388 e. The van der Waals surface area contributed by atoms with Gasteiger partial charge in [-0.1, -0.05) is 48.0 Å². The van der Waals surface area contributed by atoms with Gasteiger partial charge >= 0.3 is 0 Å². The molecule has 2 rings (SSSR count). The molecule has 0 aliphatic carbocycles. The molecular formula is C16H17ClFNO. The Morgan fingerprint density at radius 3 is 2.45 bits per heavy atom. The number of benzene rings is 2. The third kappa shape index (κ3) is 2.85. The second-order valence-electron chi connectivity index (χ2n) is 4.79. The Labute approximate surface area is 123 Å². The second kappa shape index (κ2) is 6.35. The highest BCUT2D eigenvalue weighted by Gasteiger charge is 2.25. The molecule has 0 radical (unpaired) electrons. The van der Waals surface area contributed by atoms with Gasteiger partial charge in [-0.3, -0.25) is 0 Å². The minimum absolute atomic E-state index is 0.0398. The van der Waals surface area contributed by atoms with Crippen molar-refractivity contribution in [2.75, 3.05) is 6.54 Å². The van der Waals surface area contributed by atoms with Crippen molar-refractivity contribution < 1.29 is 9.50 Å². The Balaban J connectivity index is 2.42. The summed E-state index contributed by atoms with van der Waals surface area (Å²) in [5.41, 5.74) is 7.78. The SMILES string of the molecule is Cc1ccccc1C(O)C(CN)c1cccc(Cl)c1F. The molecule has 2 atom stereocenters. The summed E-state index contributed by atoms with van der Waals surface area (Å²) < 4.78 is 14.1. The smallest absolute Gasteiger partial charge is 0.145 e. The number of aryl methyl sites for hydroxylation is 1. The van der Waals surface area contributed by atoms with Gasteiger partial charge in [0.15, 0.2) is 0 Å². The van der Waals surface area contributed by atoms with E-state index in [1.807, 2.05) is 31.2 Å². The van der Waals surface area contributed by atoms with Crippen molar-refractivity contribution in [2.24, 2.45) is 5.73 Å². The van der Waals surface area contributed by atoms with Crippen LogP contribution in [0.2, 0.25) is 5.02 Å². The number of aliphatic hydroxyl groups excluding tert-OH is 1. The Bertz CT molecular complexity index is 603. The number of hydrogen-bond donors (Lipinski definition) is 2.